The summed E-state index contributed by atoms with van der Waals surface area (Å²) < 4.78 is 27.4. The summed E-state index contributed by atoms with van der Waals surface area (Å²) in [6, 6.07) is 15.1. The van der Waals surface area contributed by atoms with Gasteiger partial charge in [-0.15, -0.1) is 0 Å². The van der Waals surface area contributed by atoms with Gasteiger partial charge in [0.15, 0.2) is 0 Å². The van der Waals surface area contributed by atoms with Crippen molar-refractivity contribution in [2.24, 2.45) is 0 Å². The Bertz CT molecular complexity index is 1280. The molecule has 3 rings (SSSR count). The second-order valence-corrected chi connectivity index (χ2v) is 9.26. The molecule has 1 N–H and O–H groups in total. The molecule has 1 amide bonds. The zero-order chi connectivity index (χ0) is 22.1. The minimum atomic E-state index is -4.01. The number of carbonyl (C=O) groups excluding carboxylic acids is 1. The number of anilines is 1. The van der Waals surface area contributed by atoms with Gasteiger partial charge in [0.05, 0.1) is 4.90 Å². The largest absolute Gasteiger partial charge is 0.324 e. The molecule has 0 aliphatic carbocycles. The van der Waals surface area contributed by atoms with Crippen LogP contribution in [0.2, 0.25) is 0 Å². The number of carbonyl (C=O) groups is 1. The predicted octanol–water partition coefficient (Wildman–Crippen LogP) is 3.55. The number of hydrogen-bond acceptors (Lipinski definition) is 4. The van der Waals surface area contributed by atoms with Crippen LogP contribution in [0.3, 0.4) is 0 Å². The molecule has 1 aromatic heterocycles. The van der Waals surface area contributed by atoms with Gasteiger partial charge in [-0.1, -0.05) is 30.3 Å². The molecule has 7 heteroatoms. The molecule has 0 aliphatic rings. The van der Waals surface area contributed by atoms with Crippen LogP contribution in [0.5, 0.6) is 0 Å². The molecule has 6 nitrogen and oxygen atoms in total. The molecule has 3 aromatic rings. The molecule has 1 heterocycles. The van der Waals surface area contributed by atoms with Crippen molar-refractivity contribution < 1.29 is 13.2 Å². The van der Waals surface area contributed by atoms with Crippen molar-refractivity contribution in [2.75, 3.05) is 5.32 Å². The maximum absolute atomic E-state index is 13.1. The van der Waals surface area contributed by atoms with E-state index in [-0.39, 0.29) is 16.3 Å². The summed E-state index contributed by atoms with van der Waals surface area (Å²) in [6.07, 6.45) is 0. The molecule has 2 aromatic carbocycles. The number of rotatable bonds is 5. The van der Waals surface area contributed by atoms with Crippen LogP contribution in [0.4, 0.5) is 5.69 Å². The van der Waals surface area contributed by atoms with Gasteiger partial charge in [0.1, 0.15) is 11.4 Å². The molecule has 0 saturated carbocycles. The van der Waals surface area contributed by atoms with E-state index < -0.39 is 21.3 Å². The number of sulfone groups is 1. The SMILES string of the molecule is Cc1ccc(C)c(NC(=O)Cn2c(C)cc(C)c(S(=O)(=O)c3ccccc3)c2=O)c1. The highest BCUT2D eigenvalue weighted by Crippen LogP contribution is 2.22. The maximum Gasteiger partial charge on any atom is 0.270 e. The van der Waals surface area contributed by atoms with Crippen molar-refractivity contribution in [3.05, 3.63) is 87.3 Å². The summed E-state index contributed by atoms with van der Waals surface area (Å²) in [5.41, 5.74) is 2.72. The predicted molar refractivity (Wildman–Crippen MR) is 117 cm³/mol. The van der Waals surface area contributed by atoms with Gasteiger partial charge in [0.2, 0.25) is 15.7 Å². The monoisotopic (exact) mass is 424 g/mol. The zero-order valence-corrected chi connectivity index (χ0v) is 18.2. The number of hydrogen-bond donors (Lipinski definition) is 1. The third-order valence-corrected chi connectivity index (χ3v) is 6.87. The fourth-order valence-electron chi connectivity index (χ4n) is 3.35. The number of aromatic nitrogens is 1. The van der Waals surface area contributed by atoms with Crippen molar-refractivity contribution in [1.29, 1.82) is 0 Å². The second-order valence-electron chi connectivity index (χ2n) is 7.37. The first-order valence-electron chi connectivity index (χ1n) is 9.49. The number of pyridine rings is 1. The van der Waals surface area contributed by atoms with Crippen LogP contribution >= 0.6 is 0 Å². The Balaban J connectivity index is 2.01. The van der Waals surface area contributed by atoms with Crippen LogP contribution in [-0.4, -0.2) is 18.9 Å². The van der Waals surface area contributed by atoms with Gasteiger partial charge < -0.3 is 9.88 Å². The molecular weight excluding hydrogens is 400 g/mol. The molecule has 0 aliphatic heterocycles. The Kier molecular flexibility index (Phi) is 5.94. The molecule has 156 valence electrons. The lowest BCUT2D eigenvalue weighted by Gasteiger charge is -2.15. The first-order chi connectivity index (χ1) is 14.1. The van der Waals surface area contributed by atoms with Crippen LogP contribution in [0.1, 0.15) is 22.4 Å². The van der Waals surface area contributed by atoms with Gasteiger partial charge in [-0.3, -0.25) is 9.59 Å². The smallest absolute Gasteiger partial charge is 0.270 e. The van der Waals surface area contributed by atoms with Crippen LogP contribution in [0.25, 0.3) is 0 Å². The Morgan fingerprint density at radius 1 is 0.933 bits per heavy atom. The van der Waals surface area contributed by atoms with Gasteiger partial charge >= 0.3 is 0 Å². The van der Waals surface area contributed by atoms with E-state index in [1.807, 2.05) is 32.0 Å². The lowest BCUT2D eigenvalue weighted by Crippen LogP contribution is -2.33. The number of amides is 1. The molecule has 0 unspecified atom stereocenters. The van der Waals surface area contributed by atoms with E-state index >= 15 is 0 Å². The minimum absolute atomic E-state index is 0.0421. The molecule has 0 fully saturated rings. The molecule has 0 spiro atoms. The van der Waals surface area contributed by atoms with Gasteiger partial charge in [0, 0.05) is 11.4 Å². The molecular formula is C23H24N2O4S. The van der Waals surface area contributed by atoms with Crippen LogP contribution in [0.15, 0.2) is 69.2 Å². The topological polar surface area (TPSA) is 85.2 Å². The van der Waals surface area contributed by atoms with Gasteiger partial charge in [-0.05, 0) is 68.7 Å². The molecule has 0 atom stereocenters. The van der Waals surface area contributed by atoms with Crippen molar-refractivity contribution in [3.63, 3.8) is 0 Å². The first kappa shape index (κ1) is 21.5. The van der Waals surface area contributed by atoms with Crippen molar-refractivity contribution >= 4 is 21.4 Å². The number of nitrogens with one attached hydrogen (secondary N) is 1. The van der Waals surface area contributed by atoms with E-state index in [0.29, 0.717) is 16.9 Å². The standard InChI is InChI=1S/C23H24N2O4S/c1-15-10-11-16(2)20(12-15)24-21(26)14-25-18(4)13-17(3)22(23(25)27)30(28,29)19-8-6-5-7-9-19/h5-13H,14H2,1-4H3,(H,24,26). The number of benzene rings is 2. The van der Waals surface area contributed by atoms with Gasteiger partial charge in [-0.2, -0.15) is 0 Å². The van der Waals surface area contributed by atoms with E-state index in [2.05, 4.69) is 5.32 Å². The van der Waals surface area contributed by atoms with Crippen molar-refractivity contribution in [3.8, 4) is 0 Å². The third-order valence-electron chi connectivity index (χ3n) is 4.94. The Labute approximate surface area is 176 Å². The van der Waals surface area contributed by atoms with Crippen LogP contribution in [0, 0.1) is 27.7 Å². The summed E-state index contributed by atoms with van der Waals surface area (Å²) in [7, 11) is -4.01. The first-order valence-corrected chi connectivity index (χ1v) is 11.0. The highest BCUT2D eigenvalue weighted by Gasteiger charge is 2.26. The van der Waals surface area contributed by atoms with E-state index in [1.54, 1.807) is 38.1 Å². The maximum atomic E-state index is 13.1. The molecule has 0 bridgehead atoms. The van der Waals surface area contributed by atoms with E-state index in [9.17, 15) is 18.0 Å². The quantitative estimate of drug-likeness (QED) is 0.679. The highest BCUT2D eigenvalue weighted by molar-refractivity contribution is 7.91. The molecule has 0 radical (unpaired) electrons. The Morgan fingerprint density at radius 2 is 1.60 bits per heavy atom. The lowest BCUT2D eigenvalue weighted by molar-refractivity contribution is -0.116. The third kappa shape index (κ3) is 4.21. The van der Waals surface area contributed by atoms with Crippen molar-refractivity contribution in [1.82, 2.24) is 4.57 Å². The summed E-state index contributed by atoms with van der Waals surface area (Å²) in [6.45, 7) is 6.78. The Morgan fingerprint density at radius 3 is 2.27 bits per heavy atom. The number of nitrogens with zero attached hydrogens (tertiary/aromatic N) is 1. The van der Waals surface area contributed by atoms with Gasteiger partial charge in [-0.25, -0.2) is 8.42 Å². The summed E-state index contributed by atoms with van der Waals surface area (Å²) in [5, 5.41) is 2.81. The fourth-order valence-corrected chi connectivity index (χ4v) is 4.93. The van der Waals surface area contributed by atoms with Gasteiger partial charge in [0.25, 0.3) is 5.56 Å². The van der Waals surface area contributed by atoms with Crippen molar-refractivity contribution in [2.45, 2.75) is 44.0 Å². The Hall–Kier alpha value is -3.19. The lowest BCUT2D eigenvalue weighted by atomic mass is 10.1. The van der Waals surface area contributed by atoms with E-state index in [0.717, 1.165) is 11.1 Å². The van der Waals surface area contributed by atoms with Crippen LogP contribution in [-0.2, 0) is 21.2 Å². The van der Waals surface area contributed by atoms with E-state index in [4.69, 9.17) is 0 Å². The fraction of sp³-hybridized carbons (Fsp3) is 0.217. The highest BCUT2D eigenvalue weighted by atomic mass is 32.2. The summed E-state index contributed by atoms with van der Waals surface area (Å²) in [4.78, 5) is 25.5. The van der Waals surface area contributed by atoms with E-state index in [1.165, 1.54) is 16.7 Å². The number of aryl methyl sites for hydroxylation is 4. The molecule has 30 heavy (non-hydrogen) atoms. The normalized spacial score (nSPS) is 11.3. The average Bonchev–Trinajstić information content (AvgIpc) is 2.68. The van der Waals surface area contributed by atoms with Crippen LogP contribution < -0.4 is 10.9 Å². The minimum Gasteiger partial charge on any atom is -0.324 e. The molecule has 0 saturated heterocycles. The second kappa shape index (κ2) is 8.28. The summed E-state index contributed by atoms with van der Waals surface area (Å²) in [5.74, 6) is -0.402. The zero-order valence-electron chi connectivity index (χ0n) is 17.4. The average molecular weight is 425 g/mol. The summed E-state index contributed by atoms with van der Waals surface area (Å²) >= 11 is 0.